The van der Waals surface area contributed by atoms with Gasteiger partial charge in [0.25, 0.3) is 5.91 Å². The van der Waals surface area contributed by atoms with E-state index in [4.69, 9.17) is 5.11 Å². The van der Waals surface area contributed by atoms with E-state index in [1.165, 1.54) is 6.07 Å². The quantitative estimate of drug-likeness (QED) is 0.674. The summed E-state index contributed by atoms with van der Waals surface area (Å²) >= 11 is 0. The van der Waals surface area contributed by atoms with Crippen molar-refractivity contribution >= 4 is 5.91 Å². The Kier molecular flexibility index (Phi) is 6.14. The van der Waals surface area contributed by atoms with Gasteiger partial charge in [-0.15, -0.1) is 0 Å². The fraction of sp³-hybridized carbons (Fsp3) is 0.538. The van der Waals surface area contributed by atoms with Gasteiger partial charge in [-0.25, -0.2) is 0 Å². The Morgan fingerprint density at radius 3 is 2.83 bits per heavy atom. The van der Waals surface area contributed by atoms with Crippen LogP contribution in [-0.4, -0.2) is 29.1 Å². The molecule has 0 saturated carbocycles. The van der Waals surface area contributed by atoms with Crippen molar-refractivity contribution in [1.82, 2.24) is 10.3 Å². The van der Waals surface area contributed by atoms with Gasteiger partial charge in [0.1, 0.15) is 5.69 Å². The first-order valence-electron chi connectivity index (χ1n) is 6.25. The molecule has 18 heavy (non-hydrogen) atoms. The summed E-state index contributed by atoms with van der Waals surface area (Å²) in [4.78, 5) is 25.3. The summed E-state index contributed by atoms with van der Waals surface area (Å²) in [6.45, 7) is 2.72. The highest BCUT2D eigenvalue weighted by molar-refractivity contribution is 5.92. The van der Waals surface area contributed by atoms with E-state index in [1.54, 1.807) is 12.1 Å². The van der Waals surface area contributed by atoms with Crippen LogP contribution in [0.25, 0.3) is 0 Å². The van der Waals surface area contributed by atoms with Gasteiger partial charge in [-0.05, 0) is 24.8 Å². The van der Waals surface area contributed by atoms with E-state index in [9.17, 15) is 9.59 Å². The Morgan fingerprint density at radius 2 is 2.22 bits per heavy atom. The van der Waals surface area contributed by atoms with E-state index in [0.29, 0.717) is 13.0 Å². The Hall–Kier alpha value is -1.62. The number of aromatic amines is 1. The zero-order chi connectivity index (χ0) is 13.4. The second kappa shape index (κ2) is 7.66. The summed E-state index contributed by atoms with van der Waals surface area (Å²) in [5, 5.41) is 11.7. The van der Waals surface area contributed by atoms with Gasteiger partial charge < -0.3 is 15.4 Å². The summed E-state index contributed by atoms with van der Waals surface area (Å²) in [6, 6.07) is 4.48. The summed E-state index contributed by atoms with van der Waals surface area (Å²) < 4.78 is 0. The van der Waals surface area contributed by atoms with E-state index >= 15 is 0 Å². The molecule has 0 aliphatic rings. The number of aliphatic hydroxyl groups excluding tert-OH is 1. The predicted molar refractivity (Wildman–Crippen MR) is 69.5 cm³/mol. The highest BCUT2D eigenvalue weighted by atomic mass is 16.3. The standard InChI is InChI=1S/C13H20N2O3/c1-2-4-10(7-8-16)9-14-13(18)11-5-3-6-12(17)15-11/h3,5-6,10,16H,2,4,7-9H2,1H3,(H,14,18)(H,15,17). The molecule has 1 rings (SSSR count). The van der Waals surface area contributed by atoms with Crippen molar-refractivity contribution in [1.29, 1.82) is 0 Å². The van der Waals surface area contributed by atoms with Crippen LogP contribution < -0.4 is 10.9 Å². The number of aliphatic hydroxyl groups is 1. The number of hydrogen-bond acceptors (Lipinski definition) is 3. The van der Waals surface area contributed by atoms with Gasteiger partial charge in [0, 0.05) is 19.2 Å². The average molecular weight is 252 g/mol. The van der Waals surface area contributed by atoms with Gasteiger partial charge in [-0.1, -0.05) is 19.4 Å². The molecule has 3 N–H and O–H groups in total. The van der Waals surface area contributed by atoms with Crippen molar-refractivity contribution in [2.75, 3.05) is 13.2 Å². The first-order chi connectivity index (χ1) is 8.67. The van der Waals surface area contributed by atoms with Crippen LogP contribution in [-0.2, 0) is 0 Å². The Bertz CT molecular complexity index is 422. The van der Waals surface area contributed by atoms with Gasteiger partial charge in [-0.2, -0.15) is 0 Å². The molecular formula is C13H20N2O3. The van der Waals surface area contributed by atoms with Crippen LogP contribution in [0.2, 0.25) is 0 Å². The van der Waals surface area contributed by atoms with E-state index in [2.05, 4.69) is 17.2 Å². The maximum Gasteiger partial charge on any atom is 0.267 e. The number of H-pyrrole nitrogens is 1. The molecule has 0 aromatic carbocycles. The fourth-order valence-corrected chi connectivity index (χ4v) is 1.85. The molecule has 0 aliphatic heterocycles. The van der Waals surface area contributed by atoms with Crippen LogP contribution in [0.5, 0.6) is 0 Å². The minimum atomic E-state index is -0.289. The second-order valence-corrected chi connectivity index (χ2v) is 4.31. The second-order valence-electron chi connectivity index (χ2n) is 4.31. The number of nitrogens with one attached hydrogen (secondary N) is 2. The number of hydrogen-bond donors (Lipinski definition) is 3. The maximum absolute atomic E-state index is 11.8. The third-order valence-corrected chi connectivity index (χ3v) is 2.80. The largest absolute Gasteiger partial charge is 0.396 e. The highest BCUT2D eigenvalue weighted by Gasteiger charge is 2.11. The molecule has 0 fully saturated rings. The summed E-state index contributed by atoms with van der Waals surface area (Å²) in [5.74, 6) is -0.00822. The van der Waals surface area contributed by atoms with Crippen molar-refractivity contribution in [2.24, 2.45) is 5.92 Å². The molecule has 0 saturated heterocycles. The van der Waals surface area contributed by atoms with E-state index < -0.39 is 0 Å². The van der Waals surface area contributed by atoms with Crippen LogP contribution in [0.15, 0.2) is 23.0 Å². The van der Waals surface area contributed by atoms with Crippen molar-refractivity contribution in [3.05, 3.63) is 34.2 Å². The van der Waals surface area contributed by atoms with Crippen molar-refractivity contribution < 1.29 is 9.90 Å². The Balaban J connectivity index is 2.51. The molecule has 1 aromatic heterocycles. The lowest BCUT2D eigenvalue weighted by Gasteiger charge is -2.15. The molecule has 5 heteroatoms. The SMILES string of the molecule is CCCC(CCO)CNC(=O)c1cccc(=O)[nH]1. The molecule has 0 radical (unpaired) electrons. The van der Waals surface area contributed by atoms with Gasteiger partial charge in [-0.3, -0.25) is 9.59 Å². The molecule has 1 aromatic rings. The van der Waals surface area contributed by atoms with Gasteiger partial charge in [0.15, 0.2) is 0 Å². The molecular weight excluding hydrogens is 232 g/mol. The van der Waals surface area contributed by atoms with Crippen molar-refractivity contribution in [2.45, 2.75) is 26.2 Å². The van der Waals surface area contributed by atoms with Crippen LogP contribution >= 0.6 is 0 Å². The number of carbonyl (C=O) groups is 1. The predicted octanol–water partition coefficient (Wildman–Crippen LogP) is 0.903. The molecule has 100 valence electrons. The van der Waals surface area contributed by atoms with Gasteiger partial charge in [0.05, 0.1) is 0 Å². The molecule has 1 heterocycles. The number of pyridine rings is 1. The molecule has 0 spiro atoms. The summed E-state index contributed by atoms with van der Waals surface area (Å²) in [6.07, 6.45) is 2.66. The van der Waals surface area contributed by atoms with Crippen LogP contribution in [0.4, 0.5) is 0 Å². The lowest BCUT2D eigenvalue weighted by molar-refractivity contribution is 0.0937. The molecule has 0 bridgehead atoms. The Morgan fingerprint density at radius 1 is 1.44 bits per heavy atom. The first-order valence-corrected chi connectivity index (χ1v) is 6.25. The van der Waals surface area contributed by atoms with Crippen molar-refractivity contribution in [3.63, 3.8) is 0 Å². The third kappa shape index (κ3) is 4.71. The summed E-state index contributed by atoms with van der Waals surface area (Å²) in [7, 11) is 0. The monoisotopic (exact) mass is 252 g/mol. The van der Waals surface area contributed by atoms with E-state index in [0.717, 1.165) is 12.8 Å². The molecule has 1 atom stereocenters. The topological polar surface area (TPSA) is 82.2 Å². The van der Waals surface area contributed by atoms with Crippen molar-refractivity contribution in [3.8, 4) is 0 Å². The van der Waals surface area contributed by atoms with E-state index in [1.807, 2.05) is 0 Å². The third-order valence-electron chi connectivity index (χ3n) is 2.80. The smallest absolute Gasteiger partial charge is 0.267 e. The molecule has 1 amide bonds. The van der Waals surface area contributed by atoms with Crippen LogP contribution in [0.1, 0.15) is 36.7 Å². The summed E-state index contributed by atoms with van der Waals surface area (Å²) in [5.41, 5.74) is -0.0233. The zero-order valence-corrected chi connectivity index (χ0v) is 10.6. The Labute approximate surface area is 106 Å². The first kappa shape index (κ1) is 14.4. The minimum absolute atomic E-state index is 0.128. The molecule has 0 aliphatic carbocycles. The van der Waals surface area contributed by atoms with Gasteiger partial charge >= 0.3 is 0 Å². The lowest BCUT2D eigenvalue weighted by atomic mass is 10.0. The molecule has 1 unspecified atom stereocenters. The molecule has 5 nitrogen and oxygen atoms in total. The van der Waals surface area contributed by atoms with Crippen LogP contribution in [0.3, 0.4) is 0 Å². The number of carbonyl (C=O) groups excluding carboxylic acids is 1. The number of aromatic nitrogens is 1. The normalized spacial score (nSPS) is 12.1. The van der Waals surface area contributed by atoms with Crippen LogP contribution in [0, 0.1) is 5.92 Å². The van der Waals surface area contributed by atoms with Gasteiger partial charge in [0.2, 0.25) is 5.56 Å². The highest BCUT2D eigenvalue weighted by Crippen LogP contribution is 2.09. The number of rotatable bonds is 7. The number of amides is 1. The minimum Gasteiger partial charge on any atom is -0.396 e. The maximum atomic E-state index is 11.8. The zero-order valence-electron chi connectivity index (χ0n) is 10.6. The van der Waals surface area contributed by atoms with E-state index in [-0.39, 0.29) is 29.7 Å². The lowest BCUT2D eigenvalue weighted by Crippen LogP contribution is -2.31. The fourth-order valence-electron chi connectivity index (χ4n) is 1.85. The average Bonchev–Trinajstić information content (AvgIpc) is 2.36.